The summed E-state index contributed by atoms with van der Waals surface area (Å²) in [5, 5.41) is 3.15. The molecule has 3 aliphatic heterocycles. The molecule has 0 aromatic carbocycles. The minimum atomic E-state index is -0.433. The Balaban J connectivity index is 1.98. The van der Waals surface area contributed by atoms with Crippen LogP contribution in [-0.2, 0) is 9.53 Å². The second-order valence-corrected chi connectivity index (χ2v) is 4.89. The van der Waals surface area contributed by atoms with Crippen LogP contribution in [0, 0.1) is 5.41 Å². The van der Waals surface area contributed by atoms with Crippen LogP contribution >= 0.6 is 0 Å². The third-order valence-corrected chi connectivity index (χ3v) is 4.20. The van der Waals surface area contributed by atoms with Gasteiger partial charge in [0.15, 0.2) is 0 Å². The summed E-state index contributed by atoms with van der Waals surface area (Å²) in [4.78, 5) is 11.5. The van der Waals surface area contributed by atoms with Gasteiger partial charge in [-0.15, -0.1) is 0 Å². The lowest BCUT2D eigenvalue weighted by Crippen LogP contribution is -2.69. The number of ether oxygens (including phenoxy) is 1. The minimum Gasteiger partial charge on any atom is -0.369 e. The van der Waals surface area contributed by atoms with Gasteiger partial charge in [-0.1, -0.05) is 0 Å². The fourth-order valence-electron chi connectivity index (χ4n) is 3.30. The van der Waals surface area contributed by atoms with Crippen molar-refractivity contribution in [3.8, 4) is 0 Å². The van der Waals surface area contributed by atoms with E-state index in [4.69, 9.17) is 16.2 Å². The molecule has 0 aromatic heterocycles. The van der Waals surface area contributed by atoms with E-state index in [2.05, 4.69) is 5.32 Å². The zero-order valence-electron chi connectivity index (χ0n) is 8.01. The van der Waals surface area contributed by atoms with Gasteiger partial charge in [-0.3, -0.25) is 4.79 Å². The van der Waals surface area contributed by atoms with Crippen LogP contribution in [0.15, 0.2) is 0 Å². The van der Waals surface area contributed by atoms with E-state index < -0.39 is 5.41 Å². The lowest BCUT2D eigenvalue weighted by atomic mass is 9.54. The Bertz CT molecular complexity index is 305. The van der Waals surface area contributed by atoms with Crippen molar-refractivity contribution in [3.63, 3.8) is 0 Å². The zero-order valence-corrected chi connectivity index (χ0v) is 8.01. The lowest BCUT2D eigenvalue weighted by Gasteiger charge is -2.49. The Morgan fingerprint density at radius 1 is 1.43 bits per heavy atom. The quantitative estimate of drug-likeness (QED) is 0.493. The number of nitrogens with two attached hydrogens (primary N) is 2. The summed E-state index contributed by atoms with van der Waals surface area (Å²) in [5.74, 6) is -0.222. The van der Waals surface area contributed by atoms with Gasteiger partial charge in [0.1, 0.15) is 5.60 Å². The van der Waals surface area contributed by atoms with E-state index in [1.807, 2.05) is 0 Å². The van der Waals surface area contributed by atoms with E-state index >= 15 is 0 Å². The number of carbonyl (C=O) groups is 1. The predicted molar refractivity (Wildman–Crippen MR) is 49.3 cm³/mol. The molecule has 5 nitrogen and oxygen atoms in total. The van der Waals surface area contributed by atoms with Crippen LogP contribution in [0.5, 0.6) is 0 Å². The Morgan fingerprint density at radius 2 is 2.07 bits per heavy atom. The molecule has 4 fully saturated rings. The highest BCUT2D eigenvalue weighted by molar-refractivity contribution is 5.85. The van der Waals surface area contributed by atoms with Gasteiger partial charge in [0.05, 0.1) is 11.0 Å². The first-order valence-corrected chi connectivity index (χ1v) is 4.99. The van der Waals surface area contributed by atoms with E-state index in [-0.39, 0.29) is 17.1 Å². The standard InChI is InChI=1S/C9H15N3O2/c10-3-7-1-8(2-7,6(11)13)9(14-7)4-12-5-9/h12H,1-5,10H2,(H2,11,13). The first-order chi connectivity index (χ1) is 6.58. The minimum absolute atomic E-state index is 0.222. The Kier molecular flexibility index (Phi) is 1.31. The lowest BCUT2D eigenvalue weighted by molar-refractivity contribution is -0.139. The van der Waals surface area contributed by atoms with Crippen molar-refractivity contribution in [2.24, 2.45) is 16.9 Å². The Labute approximate surface area is 82.1 Å². The Morgan fingerprint density at radius 3 is 2.36 bits per heavy atom. The molecule has 1 aliphatic carbocycles. The van der Waals surface area contributed by atoms with Crippen molar-refractivity contribution in [2.75, 3.05) is 19.6 Å². The van der Waals surface area contributed by atoms with Gasteiger partial charge in [0, 0.05) is 19.6 Å². The number of nitrogens with one attached hydrogen (secondary N) is 1. The largest absolute Gasteiger partial charge is 0.369 e. The highest BCUT2D eigenvalue weighted by atomic mass is 16.5. The van der Waals surface area contributed by atoms with Gasteiger partial charge >= 0.3 is 0 Å². The monoisotopic (exact) mass is 197 g/mol. The van der Waals surface area contributed by atoms with Crippen molar-refractivity contribution in [1.29, 1.82) is 0 Å². The molecule has 2 bridgehead atoms. The molecule has 1 amide bonds. The van der Waals surface area contributed by atoms with Gasteiger partial charge in [0.2, 0.25) is 5.91 Å². The van der Waals surface area contributed by atoms with Crippen molar-refractivity contribution in [1.82, 2.24) is 5.32 Å². The molecule has 4 rings (SSSR count). The molecule has 3 heterocycles. The second-order valence-electron chi connectivity index (χ2n) is 4.89. The van der Waals surface area contributed by atoms with E-state index in [1.165, 1.54) is 0 Å². The van der Waals surface area contributed by atoms with Gasteiger partial charge in [0.25, 0.3) is 0 Å². The summed E-state index contributed by atoms with van der Waals surface area (Å²) in [6, 6.07) is 0. The van der Waals surface area contributed by atoms with Crippen LogP contribution in [0.2, 0.25) is 0 Å². The molecule has 4 aliphatic rings. The number of primary amides is 1. The van der Waals surface area contributed by atoms with Crippen LogP contribution in [0.25, 0.3) is 0 Å². The number of hydrogen-bond acceptors (Lipinski definition) is 4. The summed E-state index contributed by atoms with van der Waals surface area (Å²) in [7, 11) is 0. The van der Waals surface area contributed by atoms with Crippen molar-refractivity contribution in [2.45, 2.75) is 24.0 Å². The molecule has 1 spiro atoms. The van der Waals surface area contributed by atoms with E-state index in [9.17, 15) is 4.79 Å². The molecular weight excluding hydrogens is 182 g/mol. The fourth-order valence-corrected chi connectivity index (χ4v) is 3.30. The molecule has 0 radical (unpaired) electrons. The van der Waals surface area contributed by atoms with E-state index in [0.29, 0.717) is 19.4 Å². The Hall–Kier alpha value is -0.650. The molecule has 5 N–H and O–H groups in total. The van der Waals surface area contributed by atoms with Crippen LogP contribution in [0.4, 0.5) is 0 Å². The van der Waals surface area contributed by atoms with Gasteiger partial charge in [-0.05, 0) is 12.8 Å². The molecule has 0 unspecified atom stereocenters. The van der Waals surface area contributed by atoms with Crippen molar-refractivity contribution >= 4 is 5.91 Å². The van der Waals surface area contributed by atoms with Crippen LogP contribution in [-0.4, -0.2) is 36.7 Å². The molecule has 0 aromatic rings. The molecule has 5 heteroatoms. The third kappa shape index (κ3) is 0.647. The third-order valence-electron chi connectivity index (χ3n) is 4.20. The average molecular weight is 197 g/mol. The highest BCUT2D eigenvalue weighted by Crippen LogP contribution is 2.67. The van der Waals surface area contributed by atoms with Crippen LogP contribution in [0.1, 0.15) is 12.8 Å². The van der Waals surface area contributed by atoms with Crippen LogP contribution < -0.4 is 16.8 Å². The topological polar surface area (TPSA) is 90.4 Å². The molecule has 1 saturated carbocycles. The second kappa shape index (κ2) is 2.13. The number of rotatable bonds is 2. The maximum atomic E-state index is 11.5. The average Bonchev–Trinajstić information content (AvgIpc) is 2.47. The van der Waals surface area contributed by atoms with Gasteiger partial charge in [-0.25, -0.2) is 0 Å². The molecule has 78 valence electrons. The first-order valence-electron chi connectivity index (χ1n) is 4.99. The molecule has 0 atom stereocenters. The predicted octanol–water partition coefficient (Wildman–Crippen LogP) is -1.68. The van der Waals surface area contributed by atoms with Crippen LogP contribution in [0.3, 0.4) is 0 Å². The maximum Gasteiger partial charge on any atom is 0.226 e. The summed E-state index contributed by atoms with van der Waals surface area (Å²) < 4.78 is 5.97. The van der Waals surface area contributed by atoms with E-state index in [1.54, 1.807) is 0 Å². The van der Waals surface area contributed by atoms with Crippen molar-refractivity contribution in [3.05, 3.63) is 0 Å². The first kappa shape index (κ1) is 8.64. The summed E-state index contributed by atoms with van der Waals surface area (Å²) >= 11 is 0. The highest BCUT2D eigenvalue weighted by Gasteiger charge is 2.78. The van der Waals surface area contributed by atoms with Crippen molar-refractivity contribution < 1.29 is 9.53 Å². The molecular formula is C9H15N3O2. The summed E-state index contributed by atoms with van der Waals surface area (Å²) in [6.07, 6.45) is 1.43. The SMILES string of the molecule is NCC12CC(C(N)=O)(C1)C1(CNC1)O2. The number of amides is 1. The number of hydrogen-bond donors (Lipinski definition) is 3. The molecule has 14 heavy (non-hydrogen) atoms. The number of carbonyl (C=O) groups excluding carboxylic acids is 1. The van der Waals surface area contributed by atoms with E-state index in [0.717, 1.165) is 13.1 Å². The zero-order chi connectivity index (χ0) is 10.0. The normalized spacial score (nSPS) is 47.2. The molecule has 3 saturated heterocycles. The van der Waals surface area contributed by atoms with Gasteiger partial charge in [-0.2, -0.15) is 0 Å². The fraction of sp³-hybridized carbons (Fsp3) is 0.889. The summed E-state index contributed by atoms with van der Waals surface area (Å²) in [6.45, 7) is 1.96. The maximum absolute atomic E-state index is 11.5. The van der Waals surface area contributed by atoms with Gasteiger partial charge < -0.3 is 21.5 Å². The smallest absolute Gasteiger partial charge is 0.226 e. The summed E-state index contributed by atoms with van der Waals surface area (Å²) in [5.41, 5.74) is 10.1.